The number of anilines is 1. The van der Waals surface area contributed by atoms with Gasteiger partial charge in [-0.05, 0) is 32.0 Å². The Morgan fingerprint density at radius 3 is 2.67 bits per heavy atom. The van der Waals surface area contributed by atoms with Gasteiger partial charge in [-0.1, -0.05) is 18.2 Å². The van der Waals surface area contributed by atoms with Crippen molar-refractivity contribution in [2.75, 3.05) is 12.4 Å². The molecule has 0 bridgehead atoms. The highest BCUT2D eigenvalue weighted by molar-refractivity contribution is 5.53. The minimum Gasteiger partial charge on any atom is -0.494 e. The van der Waals surface area contributed by atoms with Crippen LogP contribution in [0.15, 0.2) is 42.5 Å². The zero-order valence-electron chi connectivity index (χ0n) is 12.3. The third kappa shape index (κ3) is 2.42. The van der Waals surface area contributed by atoms with Crippen molar-refractivity contribution in [2.24, 2.45) is 0 Å². The number of rotatable bonds is 3. The van der Waals surface area contributed by atoms with Crippen LogP contribution in [0.5, 0.6) is 11.5 Å². The molecule has 0 saturated heterocycles. The van der Waals surface area contributed by atoms with Gasteiger partial charge in [0.25, 0.3) is 0 Å². The Morgan fingerprint density at radius 1 is 1.19 bits per heavy atom. The van der Waals surface area contributed by atoms with Crippen LogP contribution in [0.4, 0.5) is 10.1 Å². The molecule has 110 valence electrons. The highest BCUT2D eigenvalue weighted by Gasteiger charge is 2.40. The maximum Gasteiger partial charge on any atom is 0.167 e. The van der Waals surface area contributed by atoms with E-state index in [9.17, 15) is 4.39 Å². The summed E-state index contributed by atoms with van der Waals surface area (Å²) in [4.78, 5) is 0. The fourth-order valence-electron chi connectivity index (χ4n) is 2.70. The molecule has 0 saturated carbocycles. The largest absolute Gasteiger partial charge is 0.494 e. The predicted molar refractivity (Wildman–Crippen MR) is 80.5 cm³/mol. The predicted octanol–water partition coefficient (Wildman–Crippen LogP) is 4.16. The lowest BCUT2D eigenvalue weighted by molar-refractivity contribution is 0.118. The number of ether oxygens (including phenoxy) is 2. The molecule has 3 nitrogen and oxygen atoms in total. The van der Waals surface area contributed by atoms with Crippen LogP contribution in [0.2, 0.25) is 0 Å². The molecule has 1 N–H and O–H groups in total. The minimum absolute atomic E-state index is 0.0403. The van der Waals surface area contributed by atoms with Crippen LogP contribution in [0.25, 0.3) is 0 Å². The highest BCUT2D eigenvalue weighted by Crippen LogP contribution is 2.44. The van der Waals surface area contributed by atoms with Gasteiger partial charge in [-0.25, -0.2) is 4.39 Å². The molecule has 0 fully saturated rings. The Morgan fingerprint density at radius 2 is 1.95 bits per heavy atom. The van der Waals surface area contributed by atoms with Crippen molar-refractivity contribution in [2.45, 2.75) is 25.5 Å². The Hall–Kier alpha value is -2.23. The summed E-state index contributed by atoms with van der Waals surface area (Å²) in [6, 6.07) is 12.7. The van der Waals surface area contributed by atoms with Crippen LogP contribution in [0.3, 0.4) is 0 Å². The molecular weight excluding hydrogens is 269 g/mol. The second kappa shape index (κ2) is 4.95. The van der Waals surface area contributed by atoms with E-state index >= 15 is 0 Å². The van der Waals surface area contributed by atoms with Crippen LogP contribution in [0, 0.1) is 5.82 Å². The van der Waals surface area contributed by atoms with Gasteiger partial charge in [0.2, 0.25) is 0 Å². The Labute approximate surface area is 123 Å². The van der Waals surface area contributed by atoms with Crippen LogP contribution >= 0.6 is 0 Å². The van der Waals surface area contributed by atoms with Crippen molar-refractivity contribution in [1.29, 1.82) is 0 Å². The summed E-state index contributed by atoms with van der Waals surface area (Å²) in [7, 11) is 1.45. The van der Waals surface area contributed by atoms with Gasteiger partial charge >= 0.3 is 0 Å². The standard InChI is InChI=1S/C17H18FNO2/c1-17(2)16(12-6-4-5-7-14(12)21-17)19-11-8-9-15(20-3)13(18)10-11/h4-10,16,19H,1-3H3. The normalized spacial score (nSPS) is 18.8. The summed E-state index contributed by atoms with van der Waals surface area (Å²) in [5.41, 5.74) is 1.38. The first kappa shape index (κ1) is 13.7. The van der Waals surface area contributed by atoms with Crippen molar-refractivity contribution in [3.8, 4) is 11.5 Å². The van der Waals surface area contributed by atoms with E-state index in [0.717, 1.165) is 11.3 Å². The lowest BCUT2D eigenvalue weighted by Crippen LogP contribution is -2.34. The second-order valence-electron chi connectivity index (χ2n) is 5.67. The molecule has 21 heavy (non-hydrogen) atoms. The van der Waals surface area contributed by atoms with Gasteiger partial charge in [0.15, 0.2) is 11.6 Å². The molecule has 1 heterocycles. The van der Waals surface area contributed by atoms with Gasteiger partial charge in [0.1, 0.15) is 11.4 Å². The maximum atomic E-state index is 13.8. The molecule has 3 rings (SSSR count). The first-order valence-corrected chi connectivity index (χ1v) is 6.89. The molecule has 0 spiro atoms. The van der Waals surface area contributed by atoms with Gasteiger partial charge < -0.3 is 14.8 Å². The molecule has 2 aromatic carbocycles. The van der Waals surface area contributed by atoms with Gasteiger partial charge in [-0.3, -0.25) is 0 Å². The zero-order chi connectivity index (χ0) is 15.0. The fraction of sp³-hybridized carbons (Fsp3) is 0.294. The van der Waals surface area contributed by atoms with E-state index in [1.165, 1.54) is 13.2 Å². The molecule has 4 heteroatoms. The van der Waals surface area contributed by atoms with Gasteiger partial charge in [0.05, 0.1) is 13.2 Å². The second-order valence-corrected chi connectivity index (χ2v) is 5.67. The fourth-order valence-corrected chi connectivity index (χ4v) is 2.70. The molecule has 1 aliphatic rings. The Balaban J connectivity index is 1.92. The van der Waals surface area contributed by atoms with E-state index < -0.39 is 5.60 Å². The molecule has 0 amide bonds. The lowest BCUT2D eigenvalue weighted by atomic mass is 9.94. The van der Waals surface area contributed by atoms with Crippen molar-refractivity contribution in [3.63, 3.8) is 0 Å². The maximum absolute atomic E-state index is 13.8. The number of para-hydroxylation sites is 1. The Bertz CT molecular complexity index is 670. The van der Waals surface area contributed by atoms with E-state index in [0.29, 0.717) is 5.69 Å². The van der Waals surface area contributed by atoms with Crippen molar-refractivity contribution in [3.05, 3.63) is 53.8 Å². The summed E-state index contributed by atoms with van der Waals surface area (Å²) in [5.74, 6) is 0.726. The molecule has 1 unspecified atom stereocenters. The number of hydrogen-bond acceptors (Lipinski definition) is 3. The number of benzene rings is 2. The third-order valence-electron chi connectivity index (χ3n) is 3.76. The summed E-state index contributed by atoms with van der Waals surface area (Å²) in [6.07, 6.45) is 0. The van der Waals surface area contributed by atoms with E-state index in [-0.39, 0.29) is 17.6 Å². The van der Waals surface area contributed by atoms with E-state index in [1.807, 2.05) is 38.1 Å². The van der Waals surface area contributed by atoms with Gasteiger partial charge in [0, 0.05) is 17.3 Å². The average Bonchev–Trinajstić information content (AvgIpc) is 2.70. The number of fused-ring (bicyclic) bond motifs is 1. The first-order valence-electron chi connectivity index (χ1n) is 6.89. The highest BCUT2D eigenvalue weighted by atomic mass is 19.1. The van der Waals surface area contributed by atoms with Crippen LogP contribution in [-0.4, -0.2) is 12.7 Å². The molecule has 2 aromatic rings. The lowest BCUT2D eigenvalue weighted by Gasteiger charge is -2.28. The van der Waals surface area contributed by atoms with Crippen LogP contribution in [-0.2, 0) is 0 Å². The summed E-state index contributed by atoms with van der Waals surface area (Å²) >= 11 is 0. The van der Waals surface area contributed by atoms with Gasteiger partial charge in [-0.15, -0.1) is 0 Å². The smallest absolute Gasteiger partial charge is 0.167 e. The molecule has 1 atom stereocenters. The molecule has 0 aliphatic carbocycles. The van der Waals surface area contributed by atoms with Crippen molar-refractivity contribution >= 4 is 5.69 Å². The number of nitrogens with one attached hydrogen (secondary N) is 1. The first-order chi connectivity index (χ1) is 10.0. The van der Waals surface area contributed by atoms with E-state index in [2.05, 4.69) is 5.32 Å². The minimum atomic E-state index is -0.403. The van der Waals surface area contributed by atoms with E-state index in [1.54, 1.807) is 12.1 Å². The Kier molecular flexibility index (Phi) is 3.24. The number of methoxy groups -OCH3 is 1. The van der Waals surface area contributed by atoms with Gasteiger partial charge in [-0.2, -0.15) is 0 Å². The summed E-state index contributed by atoms with van der Waals surface area (Å²) < 4.78 is 24.7. The summed E-state index contributed by atoms with van der Waals surface area (Å²) in [6.45, 7) is 4.04. The molecule has 0 aromatic heterocycles. The number of hydrogen-bond donors (Lipinski definition) is 1. The topological polar surface area (TPSA) is 30.5 Å². The monoisotopic (exact) mass is 287 g/mol. The zero-order valence-corrected chi connectivity index (χ0v) is 12.3. The number of halogens is 1. The third-order valence-corrected chi connectivity index (χ3v) is 3.76. The average molecular weight is 287 g/mol. The quantitative estimate of drug-likeness (QED) is 0.919. The van der Waals surface area contributed by atoms with Crippen molar-refractivity contribution < 1.29 is 13.9 Å². The van der Waals surface area contributed by atoms with Crippen LogP contribution < -0.4 is 14.8 Å². The van der Waals surface area contributed by atoms with Crippen molar-refractivity contribution in [1.82, 2.24) is 0 Å². The molecule has 1 aliphatic heterocycles. The molecule has 0 radical (unpaired) electrons. The van der Waals surface area contributed by atoms with E-state index in [4.69, 9.17) is 9.47 Å². The van der Waals surface area contributed by atoms with Crippen LogP contribution in [0.1, 0.15) is 25.5 Å². The molecular formula is C17H18FNO2. The summed E-state index contributed by atoms with van der Waals surface area (Å²) in [5, 5.41) is 3.36. The SMILES string of the molecule is COc1ccc(NC2c3ccccc3OC2(C)C)cc1F.